The number of carbonyl (C=O) groups is 1. The number of aromatic nitrogens is 2. The monoisotopic (exact) mass is 200 g/mol. The van der Waals surface area contributed by atoms with Gasteiger partial charge in [0, 0.05) is 19.8 Å². The number of rotatable bonds is 2. The molecular formula is C9H16N2O3. The number of nitrogens with zero attached hydrogens (tertiary/aromatic N) is 2. The molecule has 1 saturated carbocycles. The van der Waals surface area contributed by atoms with Gasteiger partial charge in [-0.1, -0.05) is 11.3 Å². The van der Waals surface area contributed by atoms with Gasteiger partial charge >= 0.3 is 5.97 Å². The molecule has 0 bridgehead atoms. The van der Waals surface area contributed by atoms with Crippen LogP contribution in [-0.4, -0.2) is 15.7 Å². The van der Waals surface area contributed by atoms with Crippen molar-refractivity contribution in [3.05, 3.63) is 0 Å². The molecule has 0 aliphatic heterocycles. The molecular weight excluding hydrogens is 184 g/mol. The Morgan fingerprint density at radius 3 is 2.36 bits per heavy atom. The molecule has 0 radical (unpaired) electrons. The zero-order chi connectivity index (χ0) is 10.2. The summed E-state index contributed by atoms with van der Waals surface area (Å²) in [4.78, 5) is 14.3. The summed E-state index contributed by atoms with van der Waals surface area (Å²) in [5, 5.41) is 0. The molecule has 0 N–H and O–H groups in total. The molecule has 0 atom stereocenters. The van der Waals surface area contributed by atoms with Gasteiger partial charge in [-0.25, -0.2) is 0 Å². The molecule has 0 saturated heterocycles. The molecule has 1 aliphatic rings. The van der Waals surface area contributed by atoms with E-state index in [1.807, 2.05) is 0 Å². The summed E-state index contributed by atoms with van der Waals surface area (Å²) in [5.41, 5.74) is -0.529. The van der Waals surface area contributed by atoms with Gasteiger partial charge in [-0.3, -0.25) is 9.42 Å². The van der Waals surface area contributed by atoms with E-state index in [9.17, 15) is 4.79 Å². The van der Waals surface area contributed by atoms with E-state index in [4.69, 9.17) is 9.37 Å². The summed E-state index contributed by atoms with van der Waals surface area (Å²) in [7, 11) is 1.81. The standard InChI is InChI=1S/C9H16N2O3/c1-8(12)13-9(11-10(2)14-11)6-4-3-5-7-9/h3-7H2,1-2H3. The van der Waals surface area contributed by atoms with Crippen LogP contribution in [0.1, 0.15) is 39.0 Å². The highest BCUT2D eigenvalue weighted by molar-refractivity contribution is 5.66. The zero-order valence-corrected chi connectivity index (χ0v) is 8.65. The third-order valence-corrected chi connectivity index (χ3v) is 2.74. The molecule has 0 spiro atoms. The summed E-state index contributed by atoms with van der Waals surface area (Å²) < 4.78 is 10.5. The van der Waals surface area contributed by atoms with Crippen molar-refractivity contribution in [3.8, 4) is 0 Å². The number of aryl methyl sites for hydroxylation is 1. The Morgan fingerprint density at radius 1 is 1.36 bits per heavy atom. The quantitative estimate of drug-likeness (QED) is 0.681. The Hall–Kier alpha value is -1.13. The molecule has 14 heavy (non-hydrogen) atoms. The maximum absolute atomic E-state index is 11.0. The fourth-order valence-electron chi connectivity index (χ4n) is 2.13. The molecule has 5 nitrogen and oxygen atoms in total. The predicted octanol–water partition coefficient (Wildman–Crippen LogP) is 1.60. The second-order valence-corrected chi connectivity index (χ2v) is 3.92. The minimum atomic E-state index is -0.529. The Balaban J connectivity index is 2.15. The lowest BCUT2D eigenvalue weighted by molar-refractivity contribution is -0.180. The minimum absolute atomic E-state index is 0.240. The average Bonchev–Trinajstić information content (AvgIpc) is 2.83. The smallest absolute Gasteiger partial charge is 0.304 e. The third-order valence-electron chi connectivity index (χ3n) is 2.74. The lowest BCUT2D eigenvalue weighted by Gasteiger charge is -2.31. The SMILES string of the molecule is CC(=O)OC1(n2on2C)CCCCC1. The van der Waals surface area contributed by atoms with Crippen molar-refractivity contribution >= 4 is 5.97 Å². The molecule has 1 heterocycles. The Bertz CT molecular complexity index is 315. The van der Waals surface area contributed by atoms with Gasteiger partial charge in [-0.2, -0.15) is 0 Å². The van der Waals surface area contributed by atoms with Crippen LogP contribution in [0.5, 0.6) is 0 Å². The second-order valence-electron chi connectivity index (χ2n) is 3.92. The van der Waals surface area contributed by atoms with Gasteiger partial charge < -0.3 is 4.74 Å². The summed E-state index contributed by atoms with van der Waals surface area (Å²) in [5.74, 6) is -0.240. The van der Waals surface area contributed by atoms with Gasteiger partial charge in [0.1, 0.15) is 0 Å². The van der Waals surface area contributed by atoms with E-state index in [0.29, 0.717) is 0 Å². The van der Waals surface area contributed by atoms with Gasteiger partial charge in [0.25, 0.3) is 0 Å². The molecule has 0 aromatic carbocycles. The van der Waals surface area contributed by atoms with Crippen molar-refractivity contribution < 1.29 is 14.2 Å². The molecule has 1 aliphatic carbocycles. The second kappa shape index (κ2) is 3.22. The number of hydrogen-bond acceptors (Lipinski definition) is 3. The summed E-state index contributed by atoms with van der Waals surface area (Å²) >= 11 is 0. The number of esters is 1. The highest BCUT2D eigenvalue weighted by Crippen LogP contribution is 2.37. The maximum atomic E-state index is 11.0. The van der Waals surface area contributed by atoms with Crippen LogP contribution in [0.2, 0.25) is 0 Å². The molecule has 5 heteroatoms. The first-order chi connectivity index (χ1) is 6.64. The van der Waals surface area contributed by atoms with Crippen molar-refractivity contribution in [2.75, 3.05) is 0 Å². The first-order valence-electron chi connectivity index (χ1n) is 5.06. The fourth-order valence-corrected chi connectivity index (χ4v) is 2.13. The number of carbonyl (C=O) groups excluding carboxylic acids is 1. The van der Waals surface area contributed by atoms with E-state index in [1.165, 1.54) is 13.3 Å². The van der Waals surface area contributed by atoms with Crippen molar-refractivity contribution in [2.45, 2.75) is 44.8 Å². The van der Waals surface area contributed by atoms with E-state index in [1.54, 1.807) is 16.8 Å². The van der Waals surface area contributed by atoms with Crippen LogP contribution >= 0.6 is 0 Å². The van der Waals surface area contributed by atoms with E-state index < -0.39 is 5.72 Å². The maximum Gasteiger partial charge on any atom is 0.304 e. The molecule has 0 amide bonds. The predicted molar refractivity (Wildman–Crippen MR) is 48.5 cm³/mol. The average molecular weight is 200 g/mol. The number of hydrogen-bond donors (Lipinski definition) is 0. The molecule has 2 rings (SSSR count). The third kappa shape index (κ3) is 1.58. The molecule has 1 aromatic rings. The van der Waals surface area contributed by atoms with Gasteiger partial charge in [0.15, 0.2) is 0 Å². The fraction of sp³-hybridized carbons (Fsp3) is 0.889. The van der Waals surface area contributed by atoms with E-state index in [0.717, 1.165) is 25.7 Å². The lowest BCUT2D eigenvalue weighted by Crippen LogP contribution is -2.38. The highest BCUT2D eigenvalue weighted by Gasteiger charge is 2.43. The molecule has 0 unspecified atom stereocenters. The topological polar surface area (TPSA) is 49.3 Å². The first kappa shape index (κ1) is 9.43. The van der Waals surface area contributed by atoms with Crippen molar-refractivity contribution in [1.29, 1.82) is 0 Å². The highest BCUT2D eigenvalue weighted by atomic mass is 16.8. The minimum Gasteiger partial charge on any atom is -0.434 e. The number of ether oxygens (including phenoxy) is 1. The van der Waals surface area contributed by atoms with Crippen LogP contribution in [0.15, 0.2) is 4.63 Å². The Labute approximate surface area is 82.5 Å². The van der Waals surface area contributed by atoms with Crippen molar-refractivity contribution in [2.24, 2.45) is 7.05 Å². The van der Waals surface area contributed by atoms with Gasteiger partial charge in [-0.15, -0.1) is 0 Å². The van der Waals surface area contributed by atoms with Crippen molar-refractivity contribution in [3.63, 3.8) is 0 Å². The largest absolute Gasteiger partial charge is 0.434 e. The van der Waals surface area contributed by atoms with Crippen LogP contribution in [-0.2, 0) is 22.3 Å². The first-order valence-corrected chi connectivity index (χ1v) is 5.06. The van der Waals surface area contributed by atoms with Gasteiger partial charge in [0.2, 0.25) is 5.72 Å². The normalized spacial score (nSPS) is 21.0. The molecule has 1 aromatic heterocycles. The van der Waals surface area contributed by atoms with Crippen LogP contribution in [0.4, 0.5) is 0 Å². The zero-order valence-electron chi connectivity index (χ0n) is 8.65. The van der Waals surface area contributed by atoms with Crippen LogP contribution in [0.25, 0.3) is 0 Å². The Kier molecular flexibility index (Phi) is 2.17. The van der Waals surface area contributed by atoms with Crippen LogP contribution in [0, 0.1) is 0 Å². The van der Waals surface area contributed by atoms with Crippen LogP contribution < -0.4 is 0 Å². The summed E-state index contributed by atoms with van der Waals surface area (Å²) in [6, 6.07) is 0. The van der Waals surface area contributed by atoms with E-state index in [-0.39, 0.29) is 5.97 Å². The lowest BCUT2D eigenvalue weighted by atomic mass is 9.92. The Morgan fingerprint density at radius 2 is 1.93 bits per heavy atom. The molecule has 80 valence electrons. The summed E-state index contributed by atoms with van der Waals surface area (Å²) in [6.45, 7) is 1.44. The van der Waals surface area contributed by atoms with Crippen molar-refractivity contribution in [1.82, 2.24) is 9.71 Å². The van der Waals surface area contributed by atoms with Gasteiger partial charge in [0.05, 0.1) is 7.05 Å². The summed E-state index contributed by atoms with van der Waals surface area (Å²) in [6.07, 6.45) is 5.09. The van der Waals surface area contributed by atoms with Crippen LogP contribution in [0.3, 0.4) is 0 Å². The molecule has 1 fully saturated rings. The van der Waals surface area contributed by atoms with E-state index >= 15 is 0 Å². The van der Waals surface area contributed by atoms with Gasteiger partial charge in [-0.05, 0) is 17.7 Å². The van der Waals surface area contributed by atoms with E-state index in [2.05, 4.69) is 0 Å².